The van der Waals surface area contributed by atoms with Gasteiger partial charge in [-0.25, -0.2) is 0 Å². The minimum Gasteiger partial charge on any atom is -0.394 e. The van der Waals surface area contributed by atoms with E-state index in [1.54, 1.807) is 17.1 Å². The van der Waals surface area contributed by atoms with Gasteiger partial charge in [0.1, 0.15) is 0 Å². The van der Waals surface area contributed by atoms with Crippen molar-refractivity contribution in [3.8, 4) is 0 Å². The van der Waals surface area contributed by atoms with Gasteiger partial charge in [0.25, 0.3) is 0 Å². The quantitative estimate of drug-likeness (QED) is 0.843. The average Bonchev–Trinajstić information content (AvgIpc) is 2.79. The van der Waals surface area contributed by atoms with E-state index in [2.05, 4.69) is 10.3 Å². The largest absolute Gasteiger partial charge is 0.394 e. The van der Waals surface area contributed by atoms with E-state index in [-0.39, 0.29) is 18.6 Å². The number of aromatic nitrogens is 3. The summed E-state index contributed by atoms with van der Waals surface area (Å²) in [5, 5.41) is 16.9. The molecule has 1 aliphatic rings. The van der Waals surface area contributed by atoms with Gasteiger partial charge in [-0.05, 0) is 12.8 Å². The summed E-state index contributed by atoms with van der Waals surface area (Å²) in [6, 6.07) is -0.00394. The Morgan fingerprint density at radius 2 is 2.28 bits per heavy atom. The first kappa shape index (κ1) is 13.0. The van der Waals surface area contributed by atoms with Crippen LogP contribution in [0.5, 0.6) is 0 Å². The number of aryl methyl sites for hydroxylation is 1. The van der Waals surface area contributed by atoms with Gasteiger partial charge in [-0.15, -0.1) is 5.10 Å². The fraction of sp³-hybridized carbons (Fsp3) is 0.750. The van der Waals surface area contributed by atoms with Crippen molar-refractivity contribution in [2.24, 2.45) is 0 Å². The number of hydrogen-bond donors (Lipinski definition) is 1. The Kier molecular flexibility index (Phi) is 4.69. The molecule has 100 valence electrons. The third-order valence-electron chi connectivity index (χ3n) is 3.43. The molecule has 1 unspecified atom stereocenters. The van der Waals surface area contributed by atoms with E-state index in [4.69, 9.17) is 0 Å². The van der Waals surface area contributed by atoms with Gasteiger partial charge < -0.3 is 10.0 Å². The lowest BCUT2D eigenvalue weighted by atomic mass is 10.1. The predicted molar refractivity (Wildman–Crippen MR) is 65.7 cm³/mol. The van der Waals surface area contributed by atoms with Crippen LogP contribution in [0.3, 0.4) is 0 Å². The number of carbonyl (C=O) groups excluding carboxylic acids is 1. The lowest BCUT2D eigenvalue weighted by Gasteiger charge is -2.28. The minimum atomic E-state index is -0.00394. The first-order valence-corrected chi connectivity index (χ1v) is 6.55. The zero-order valence-corrected chi connectivity index (χ0v) is 10.5. The normalized spacial score (nSPS) is 20.7. The van der Waals surface area contributed by atoms with E-state index in [1.165, 1.54) is 0 Å². The fourth-order valence-corrected chi connectivity index (χ4v) is 2.40. The van der Waals surface area contributed by atoms with Crippen LogP contribution in [0.4, 0.5) is 0 Å². The van der Waals surface area contributed by atoms with E-state index in [1.807, 2.05) is 4.90 Å². The second kappa shape index (κ2) is 6.49. The van der Waals surface area contributed by atoms with E-state index in [9.17, 15) is 9.90 Å². The van der Waals surface area contributed by atoms with Crippen molar-refractivity contribution in [3.05, 3.63) is 12.4 Å². The fourth-order valence-electron chi connectivity index (χ4n) is 2.40. The molecule has 1 aromatic heterocycles. The van der Waals surface area contributed by atoms with E-state index < -0.39 is 0 Å². The Morgan fingerprint density at radius 3 is 3.00 bits per heavy atom. The van der Waals surface area contributed by atoms with Gasteiger partial charge in [0.05, 0.1) is 25.4 Å². The number of amides is 1. The molecule has 1 aromatic rings. The first-order chi connectivity index (χ1) is 8.81. The Morgan fingerprint density at radius 1 is 1.39 bits per heavy atom. The SMILES string of the molecule is O=C(CCn1ccnn1)N1CCCCCC1CO. The third kappa shape index (κ3) is 3.29. The lowest BCUT2D eigenvalue weighted by molar-refractivity contribution is -0.134. The monoisotopic (exact) mass is 252 g/mol. The molecule has 0 aliphatic carbocycles. The number of aliphatic hydroxyl groups is 1. The van der Waals surface area contributed by atoms with Crippen molar-refractivity contribution in [2.45, 2.75) is 44.7 Å². The summed E-state index contributed by atoms with van der Waals surface area (Å²) in [6.45, 7) is 1.38. The molecule has 1 atom stereocenters. The van der Waals surface area contributed by atoms with Crippen molar-refractivity contribution >= 4 is 5.91 Å². The van der Waals surface area contributed by atoms with Crippen molar-refractivity contribution in [1.29, 1.82) is 0 Å². The van der Waals surface area contributed by atoms with Gasteiger partial charge in [-0.3, -0.25) is 9.48 Å². The Hall–Kier alpha value is -1.43. The second-order valence-corrected chi connectivity index (χ2v) is 4.69. The molecule has 1 aliphatic heterocycles. The van der Waals surface area contributed by atoms with Crippen LogP contribution >= 0.6 is 0 Å². The van der Waals surface area contributed by atoms with E-state index >= 15 is 0 Å². The topological polar surface area (TPSA) is 71.2 Å². The van der Waals surface area contributed by atoms with E-state index in [0.29, 0.717) is 13.0 Å². The Bertz CT molecular complexity index is 366. The Balaban J connectivity index is 1.89. The molecule has 1 fully saturated rings. The highest BCUT2D eigenvalue weighted by molar-refractivity contribution is 5.76. The van der Waals surface area contributed by atoms with Crippen LogP contribution in [0.15, 0.2) is 12.4 Å². The molecular formula is C12H20N4O2. The van der Waals surface area contributed by atoms with Crippen LogP contribution in [0.1, 0.15) is 32.1 Å². The van der Waals surface area contributed by atoms with E-state index in [0.717, 1.165) is 32.2 Å². The summed E-state index contributed by atoms with van der Waals surface area (Å²) < 4.78 is 1.66. The van der Waals surface area contributed by atoms with Crippen LogP contribution in [0.2, 0.25) is 0 Å². The van der Waals surface area contributed by atoms with Crippen LogP contribution in [-0.4, -0.2) is 50.1 Å². The van der Waals surface area contributed by atoms with Crippen LogP contribution in [0, 0.1) is 0 Å². The standard InChI is InChI=1S/C12H20N4O2/c17-10-11-4-2-1-3-7-16(11)12(18)5-8-15-9-6-13-14-15/h6,9,11,17H,1-5,7-8,10H2. The van der Waals surface area contributed by atoms with Gasteiger partial charge in [-0.1, -0.05) is 18.1 Å². The summed E-state index contributed by atoms with van der Waals surface area (Å²) in [5.41, 5.74) is 0. The van der Waals surface area contributed by atoms with Crippen molar-refractivity contribution in [2.75, 3.05) is 13.2 Å². The molecule has 0 radical (unpaired) electrons. The molecule has 6 nitrogen and oxygen atoms in total. The van der Waals surface area contributed by atoms with Crippen LogP contribution in [0.25, 0.3) is 0 Å². The Labute approximate surface area is 107 Å². The number of likely N-dealkylation sites (tertiary alicyclic amines) is 1. The predicted octanol–water partition coefficient (Wildman–Crippen LogP) is 0.432. The summed E-state index contributed by atoms with van der Waals surface area (Å²) in [7, 11) is 0. The van der Waals surface area contributed by atoms with Gasteiger partial charge in [-0.2, -0.15) is 0 Å². The van der Waals surface area contributed by atoms with Gasteiger partial charge >= 0.3 is 0 Å². The minimum absolute atomic E-state index is 0.00394. The summed E-state index contributed by atoms with van der Waals surface area (Å²) >= 11 is 0. The second-order valence-electron chi connectivity index (χ2n) is 4.69. The maximum absolute atomic E-state index is 12.2. The molecule has 18 heavy (non-hydrogen) atoms. The van der Waals surface area contributed by atoms with Crippen LogP contribution in [-0.2, 0) is 11.3 Å². The average molecular weight is 252 g/mol. The highest BCUT2D eigenvalue weighted by Gasteiger charge is 2.24. The van der Waals surface area contributed by atoms with Gasteiger partial charge in [0.15, 0.2) is 0 Å². The van der Waals surface area contributed by atoms with Crippen molar-refractivity contribution in [3.63, 3.8) is 0 Å². The molecule has 2 heterocycles. The molecule has 1 saturated heterocycles. The molecule has 0 aromatic carbocycles. The first-order valence-electron chi connectivity index (χ1n) is 6.55. The third-order valence-corrected chi connectivity index (χ3v) is 3.43. The summed E-state index contributed by atoms with van der Waals surface area (Å²) in [4.78, 5) is 14.0. The van der Waals surface area contributed by atoms with Crippen LogP contribution < -0.4 is 0 Å². The molecule has 1 amide bonds. The smallest absolute Gasteiger partial charge is 0.224 e. The number of nitrogens with zero attached hydrogens (tertiary/aromatic N) is 4. The van der Waals surface area contributed by atoms with Gasteiger partial charge in [0.2, 0.25) is 5.91 Å². The summed E-state index contributed by atoms with van der Waals surface area (Å²) in [5.74, 6) is 0.103. The number of rotatable bonds is 4. The summed E-state index contributed by atoms with van der Waals surface area (Å²) in [6.07, 6.45) is 7.95. The zero-order chi connectivity index (χ0) is 12.8. The molecule has 2 rings (SSSR count). The van der Waals surface area contributed by atoms with Crippen molar-refractivity contribution in [1.82, 2.24) is 19.9 Å². The molecule has 1 N–H and O–H groups in total. The maximum atomic E-state index is 12.2. The highest BCUT2D eigenvalue weighted by Crippen LogP contribution is 2.17. The maximum Gasteiger partial charge on any atom is 0.224 e. The lowest BCUT2D eigenvalue weighted by Crippen LogP contribution is -2.42. The zero-order valence-electron chi connectivity index (χ0n) is 10.5. The molecule has 6 heteroatoms. The molecule has 0 spiro atoms. The number of hydrogen-bond acceptors (Lipinski definition) is 4. The molecular weight excluding hydrogens is 232 g/mol. The number of carbonyl (C=O) groups is 1. The molecule has 0 bridgehead atoms. The highest BCUT2D eigenvalue weighted by atomic mass is 16.3. The van der Waals surface area contributed by atoms with Gasteiger partial charge in [0, 0.05) is 19.2 Å². The molecule has 0 saturated carbocycles. The van der Waals surface area contributed by atoms with Crippen molar-refractivity contribution < 1.29 is 9.90 Å². The number of aliphatic hydroxyl groups excluding tert-OH is 1.